The third-order valence-corrected chi connectivity index (χ3v) is 6.71. The molecule has 2 heterocycles. The van der Waals surface area contributed by atoms with Gasteiger partial charge in [0.25, 0.3) is 0 Å². The van der Waals surface area contributed by atoms with E-state index in [1.165, 1.54) is 16.8 Å². The second kappa shape index (κ2) is 6.21. The largest absolute Gasteiger partial charge is 0.377 e. The number of carbonyl (C=O) groups excluding carboxylic acids is 1. The van der Waals surface area contributed by atoms with Gasteiger partial charge in [-0.05, 0) is 42.2 Å². The summed E-state index contributed by atoms with van der Waals surface area (Å²) < 4.78 is 0. The standard InChI is InChI=1S/C24H24N2O/c1-17(18-7-3-2-4-8-18)15-26-14-13-24-20-9-5-6-10-21(20)25-23(24)19(16-27)11-12-22(24)26/h2-11,16,22-23,25H,1,12-15H2/t22-,23-,24+/m0/s1. The molecule has 3 nitrogen and oxygen atoms in total. The molecule has 1 fully saturated rings. The molecule has 2 aliphatic heterocycles. The summed E-state index contributed by atoms with van der Waals surface area (Å²) >= 11 is 0. The van der Waals surface area contributed by atoms with Gasteiger partial charge in [0, 0.05) is 29.3 Å². The highest BCUT2D eigenvalue weighted by Crippen LogP contribution is 2.55. The summed E-state index contributed by atoms with van der Waals surface area (Å²) in [5.74, 6) is 0. The molecule has 1 aliphatic carbocycles. The second-order valence-electron chi connectivity index (χ2n) is 7.93. The summed E-state index contributed by atoms with van der Waals surface area (Å²) in [6.07, 6.45) is 5.18. The Bertz CT molecular complexity index is 932. The minimum absolute atomic E-state index is 0.0153. The SMILES string of the molecule is C=C(CN1CC[C@]23c4ccccc4N[C@H]2C(C=O)=CC[C@H]13)c1ccccc1. The van der Waals surface area contributed by atoms with Crippen LogP contribution in [0, 0.1) is 0 Å². The molecule has 2 aromatic carbocycles. The van der Waals surface area contributed by atoms with Gasteiger partial charge in [0.2, 0.25) is 0 Å². The van der Waals surface area contributed by atoms with Crippen LogP contribution in [0.2, 0.25) is 0 Å². The molecule has 0 saturated carbocycles. The zero-order valence-electron chi connectivity index (χ0n) is 15.4. The Morgan fingerprint density at radius 2 is 1.96 bits per heavy atom. The average molecular weight is 356 g/mol. The highest BCUT2D eigenvalue weighted by Gasteiger charge is 2.59. The van der Waals surface area contributed by atoms with Gasteiger partial charge in [-0.1, -0.05) is 61.2 Å². The quantitative estimate of drug-likeness (QED) is 0.840. The number of nitrogens with zero attached hydrogens (tertiary/aromatic N) is 1. The zero-order chi connectivity index (χ0) is 18.4. The maximum absolute atomic E-state index is 11.7. The fourth-order valence-electron chi connectivity index (χ4n) is 5.50. The van der Waals surface area contributed by atoms with Crippen LogP contribution in [0.25, 0.3) is 5.57 Å². The van der Waals surface area contributed by atoms with Crippen molar-refractivity contribution in [3.8, 4) is 0 Å². The molecule has 0 bridgehead atoms. The van der Waals surface area contributed by atoms with Crippen molar-refractivity contribution in [2.24, 2.45) is 0 Å². The van der Waals surface area contributed by atoms with Crippen LogP contribution >= 0.6 is 0 Å². The monoisotopic (exact) mass is 356 g/mol. The normalized spacial score (nSPS) is 28.5. The lowest BCUT2D eigenvalue weighted by Crippen LogP contribution is -2.52. The average Bonchev–Trinajstić information content (AvgIpc) is 3.25. The van der Waals surface area contributed by atoms with Gasteiger partial charge in [-0.15, -0.1) is 0 Å². The van der Waals surface area contributed by atoms with Gasteiger partial charge < -0.3 is 5.32 Å². The van der Waals surface area contributed by atoms with Crippen LogP contribution in [-0.4, -0.2) is 36.4 Å². The van der Waals surface area contributed by atoms with Gasteiger partial charge in [-0.2, -0.15) is 0 Å². The Labute approximate surface area is 160 Å². The Balaban J connectivity index is 1.51. The molecule has 3 heteroatoms. The second-order valence-corrected chi connectivity index (χ2v) is 7.93. The van der Waals surface area contributed by atoms with Gasteiger partial charge in [0.15, 0.2) is 0 Å². The Morgan fingerprint density at radius 1 is 1.19 bits per heavy atom. The number of hydrogen-bond acceptors (Lipinski definition) is 3. The minimum Gasteiger partial charge on any atom is -0.377 e. The van der Waals surface area contributed by atoms with E-state index in [0.717, 1.165) is 43.4 Å². The van der Waals surface area contributed by atoms with Crippen LogP contribution in [0.3, 0.4) is 0 Å². The highest BCUT2D eigenvalue weighted by molar-refractivity contribution is 5.81. The van der Waals surface area contributed by atoms with Crippen molar-refractivity contribution in [1.29, 1.82) is 0 Å². The molecule has 1 N–H and O–H groups in total. The first-order valence-corrected chi connectivity index (χ1v) is 9.72. The Morgan fingerprint density at radius 3 is 2.78 bits per heavy atom. The van der Waals surface area contributed by atoms with Crippen molar-refractivity contribution in [3.63, 3.8) is 0 Å². The van der Waals surface area contributed by atoms with Crippen LogP contribution in [0.15, 0.2) is 72.8 Å². The molecule has 2 aromatic rings. The molecule has 0 radical (unpaired) electrons. The Kier molecular flexibility index (Phi) is 3.80. The van der Waals surface area contributed by atoms with E-state index in [2.05, 4.69) is 71.4 Å². The van der Waals surface area contributed by atoms with Gasteiger partial charge >= 0.3 is 0 Å². The molecule has 1 saturated heterocycles. The molecule has 3 atom stereocenters. The van der Waals surface area contributed by atoms with E-state index in [4.69, 9.17) is 0 Å². The van der Waals surface area contributed by atoms with E-state index in [1.807, 2.05) is 6.07 Å². The summed E-state index contributed by atoms with van der Waals surface area (Å²) in [7, 11) is 0. The smallest absolute Gasteiger partial charge is 0.147 e. The van der Waals surface area contributed by atoms with Gasteiger partial charge in [0.05, 0.1) is 6.04 Å². The third kappa shape index (κ3) is 2.35. The van der Waals surface area contributed by atoms with Crippen LogP contribution < -0.4 is 5.32 Å². The molecule has 136 valence electrons. The fraction of sp³-hybridized carbons (Fsp3) is 0.292. The number of hydrogen-bond donors (Lipinski definition) is 1. The van der Waals surface area contributed by atoms with Crippen LogP contribution in [0.5, 0.6) is 0 Å². The summed E-state index contributed by atoms with van der Waals surface area (Å²) in [4.78, 5) is 14.3. The number of carbonyl (C=O) groups is 1. The lowest BCUT2D eigenvalue weighted by molar-refractivity contribution is -0.105. The van der Waals surface area contributed by atoms with Crippen molar-refractivity contribution >= 4 is 17.5 Å². The van der Waals surface area contributed by atoms with Gasteiger partial charge in [-0.3, -0.25) is 9.69 Å². The van der Waals surface area contributed by atoms with Gasteiger partial charge in [0.1, 0.15) is 6.29 Å². The molecule has 5 rings (SSSR count). The molecule has 0 amide bonds. The predicted octanol–water partition coefficient (Wildman–Crippen LogP) is 4.04. The summed E-state index contributed by atoms with van der Waals surface area (Å²) in [5.41, 5.74) is 5.82. The Hall–Kier alpha value is -2.65. The van der Waals surface area contributed by atoms with E-state index in [9.17, 15) is 4.79 Å². The fourth-order valence-corrected chi connectivity index (χ4v) is 5.50. The van der Waals surface area contributed by atoms with E-state index in [-0.39, 0.29) is 11.5 Å². The number of aldehydes is 1. The first-order chi connectivity index (χ1) is 13.2. The molecule has 3 aliphatic rings. The number of likely N-dealkylation sites (tertiary alicyclic amines) is 1. The number of rotatable bonds is 4. The molecule has 1 spiro atoms. The maximum atomic E-state index is 11.7. The predicted molar refractivity (Wildman–Crippen MR) is 110 cm³/mol. The van der Waals surface area contributed by atoms with Crippen molar-refractivity contribution in [2.75, 3.05) is 18.4 Å². The molecular weight excluding hydrogens is 332 g/mol. The van der Waals surface area contributed by atoms with Gasteiger partial charge in [-0.25, -0.2) is 0 Å². The maximum Gasteiger partial charge on any atom is 0.147 e. The zero-order valence-corrected chi connectivity index (χ0v) is 15.4. The lowest BCUT2D eigenvalue weighted by Gasteiger charge is -2.43. The third-order valence-electron chi connectivity index (χ3n) is 6.71. The summed E-state index contributed by atoms with van der Waals surface area (Å²) in [5, 5.41) is 3.66. The molecule has 0 unspecified atom stereocenters. The number of nitrogens with one attached hydrogen (secondary N) is 1. The van der Waals surface area contributed by atoms with E-state index >= 15 is 0 Å². The van der Waals surface area contributed by atoms with Crippen LogP contribution in [0.4, 0.5) is 5.69 Å². The van der Waals surface area contributed by atoms with Crippen molar-refractivity contribution in [2.45, 2.75) is 30.3 Å². The summed E-state index contributed by atoms with van der Waals surface area (Å²) in [6, 6.07) is 19.5. The molecular formula is C24H24N2O. The van der Waals surface area contributed by atoms with E-state index in [1.54, 1.807) is 0 Å². The van der Waals surface area contributed by atoms with Crippen LogP contribution in [0.1, 0.15) is 24.0 Å². The van der Waals surface area contributed by atoms with Crippen molar-refractivity contribution in [1.82, 2.24) is 4.90 Å². The first-order valence-electron chi connectivity index (χ1n) is 9.72. The molecule has 27 heavy (non-hydrogen) atoms. The first kappa shape index (κ1) is 16.5. The lowest BCUT2D eigenvalue weighted by atomic mass is 9.65. The van der Waals surface area contributed by atoms with E-state index < -0.39 is 0 Å². The summed E-state index contributed by atoms with van der Waals surface area (Å²) in [6.45, 7) is 6.26. The minimum atomic E-state index is -0.0153. The topological polar surface area (TPSA) is 32.3 Å². The number of benzene rings is 2. The number of para-hydroxylation sites is 1. The van der Waals surface area contributed by atoms with Crippen molar-refractivity contribution < 1.29 is 4.79 Å². The highest BCUT2D eigenvalue weighted by atomic mass is 16.1. The molecule has 0 aromatic heterocycles. The number of fused-ring (bicyclic) bond motifs is 1. The van der Waals surface area contributed by atoms with Crippen molar-refractivity contribution in [3.05, 3.63) is 84.0 Å². The number of anilines is 1. The van der Waals surface area contributed by atoms with Crippen LogP contribution in [-0.2, 0) is 10.2 Å². The van der Waals surface area contributed by atoms with E-state index in [0.29, 0.717) is 6.04 Å².